The minimum Gasteiger partial charge on any atom is -0.390 e. The van der Waals surface area contributed by atoms with Gasteiger partial charge in [0.15, 0.2) is 5.78 Å². The van der Waals surface area contributed by atoms with E-state index in [1.807, 2.05) is 0 Å². The van der Waals surface area contributed by atoms with Crippen LogP contribution in [0.2, 0.25) is 0 Å². The van der Waals surface area contributed by atoms with Gasteiger partial charge >= 0.3 is 0 Å². The van der Waals surface area contributed by atoms with Gasteiger partial charge in [0.2, 0.25) is 0 Å². The number of fused-ring (bicyclic) bond motifs is 5. The molecule has 0 spiro atoms. The van der Waals surface area contributed by atoms with E-state index in [2.05, 4.69) is 25.8 Å². The lowest BCUT2D eigenvalue weighted by atomic mass is 9.43. The summed E-state index contributed by atoms with van der Waals surface area (Å²) in [7, 11) is 0. The summed E-state index contributed by atoms with van der Waals surface area (Å²) in [5.74, 6) is 2.64. The fourth-order valence-electron chi connectivity index (χ4n) is 8.71. The summed E-state index contributed by atoms with van der Waals surface area (Å²) in [5.41, 5.74) is -0.158. The van der Waals surface area contributed by atoms with Crippen LogP contribution in [0.3, 0.4) is 0 Å². The van der Waals surface area contributed by atoms with E-state index in [4.69, 9.17) is 4.11 Å². The maximum Gasteiger partial charge on any atom is 0.156 e. The molecule has 0 unspecified atom stereocenters. The van der Waals surface area contributed by atoms with Crippen molar-refractivity contribution < 1.29 is 14.0 Å². The number of hydrogen-bond acceptors (Lipinski definition) is 3. The molecule has 0 aliphatic heterocycles. The predicted octanol–water partition coefficient (Wildman–Crippen LogP) is 5.25. The summed E-state index contributed by atoms with van der Waals surface area (Å²) < 4.78 is 24.9. The highest BCUT2D eigenvalue weighted by molar-refractivity contribution is 5.82. The van der Waals surface area contributed by atoms with Crippen molar-refractivity contribution in [3.8, 4) is 0 Å². The number of carbonyl (C=O) groups is 1. The van der Waals surface area contributed by atoms with Crippen LogP contribution in [0.25, 0.3) is 0 Å². The van der Waals surface area contributed by atoms with Crippen molar-refractivity contribution in [1.29, 1.82) is 0 Å². The summed E-state index contributed by atoms with van der Waals surface area (Å²) in [4.78, 5) is 17.2. The highest BCUT2D eigenvalue weighted by atomic mass is 16.3. The Kier molecular flexibility index (Phi) is 4.17. The van der Waals surface area contributed by atoms with E-state index in [0.29, 0.717) is 29.1 Å². The van der Waals surface area contributed by atoms with Crippen molar-refractivity contribution in [2.75, 3.05) is 0 Å². The maximum absolute atomic E-state index is 13.4. The lowest BCUT2D eigenvalue weighted by molar-refractivity contribution is -0.154. The number of carbonyl (C=O) groups excluding carboxylic acids is 1. The van der Waals surface area contributed by atoms with Gasteiger partial charge < -0.3 is 9.67 Å². The molecule has 166 valence electrons. The zero-order valence-corrected chi connectivity index (χ0v) is 18.9. The van der Waals surface area contributed by atoms with Crippen LogP contribution in [0.1, 0.15) is 89.1 Å². The zero-order chi connectivity index (χ0) is 23.8. The molecule has 4 fully saturated rings. The van der Waals surface area contributed by atoms with Crippen molar-refractivity contribution in [2.24, 2.45) is 40.4 Å². The SMILES string of the molecule is [2H]c1nc([2H])n(CC(=O)[C@H]2CC[C@H]3[C@@H]4CC[C@H]5C[C@@](O)(CC)CC[C@]5(C)[C@H]4CC[C@]23C)c1[2H]. The van der Waals surface area contributed by atoms with Crippen LogP contribution >= 0.6 is 0 Å². The monoisotopic (exact) mass is 415 g/mol. The van der Waals surface area contributed by atoms with Gasteiger partial charge in [-0.1, -0.05) is 20.8 Å². The number of ketones is 1. The third-order valence-corrected chi connectivity index (χ3v) is 10.6. The molecular formula is C26H40N2O2. The molecular weight excluding hydrogens is 372 g/mol. The summed E-state index contributed by atoms with van der Waals surface area (Å²) in [6.45, 7) is 6.96. The van der Waals surface area contributed by atoms with E-state index < -0.39 is 5.60 Å². The van der Waals surface area contributed by atoms with Gasteiger partial charge in [0.05, 0.1) is 21.2 Å². The van der Waals surface area contributed by atoms with Crippen molar-refractivity contribution in [3.63, 3.8) is 0 Å². The normalized spacial score (nSPS) is 49.3. The number of hydrogen-bond donors (Lipinski definition) is 1. The molecule has 4 aliphatic rings. The summed E-state index contributed by atoms with van der Waals surface area (Å²) >= 11 is 0. The molecule has 4 heteroatoms. The molecule has 5 rings (SSSR count). The van der Waals surface area contributed by atoms with Crippen LogP contribution in [0, 0.1) is 40.4 Å². The van der Waals surface area contributed by atoms with Gasteiger partial charge in [0, 0.05) is 18.3 Å². The molecule has 30 heavy (non-hydrogen) atoms. The van der Waals surface area contributed by atoms with Gasteiger partial charge in [0.1, 0.15) is 1.37 Å². The number of Topliss-reactive ketones (excluding diaryl/α,β-unsaturated/α-hetero) is 1. The highest BCUT2D eigenvalue weighted by Gasteiger charge is 2.61. The smallest absolute Gasteiger partial charge is 0.156 e. The fourth-order valence-corrected chi connectivity index (χ4v) is 8.71. The average Bonchev–Trinajstić information content (AvgIpc) is 3.25. The summed E-state index contributed by atoms with van der Waals surface area (Å²) in [5, 5.41) is 11.0. The Morgan fingerprint density at radius 1 is 1.13 bits per heavy atom. The van der Waals surface area contributed by atoms with Crippen LogP contribution < -0.4 is 0 Å². The molecule has 4 aliphatic carbocycles. The molecule has 0 bridgehead atoms. The Balaban J connectivity index is 1.35. The van der Waals surface area contributed by atoms with Crippen molar-refractivity contribution in [2.45, 2.75) is 97.1 Å². The Labute approximate surface area is 186 Å². The first-order chi connectivity index (χ1) is 15.5. The summed E-state index contributed by atoms with van der Waals surface area (Å²) in [6, 6.07) is 0. The standard InChI is InChI=1S/C26H40N2O2/c1-4-26(30)12-11-24(2)18(15-26)5-6-19-20-7-8-22(25(20,3)10-9-21(19)24)23(29)16-28-14-13-27-17-28/h13-14,17-22,30H,4-12,15-16H2,1-3H3/t18-,19-,20-,21-,22+,24-,25-,26+/m0/s1/i13D,14D,17D. The largest absolute Gasteiger partial charge is 0.390 e. The van der Waals surface area contributed by atoms with E-state index >= 15 is 0 Å². The topological polar surface area (TPSA) is 55.1 Å². The minimum absolute atomic E-state index is 0.00000825. The van der Waals surface area contributed by atoms with Crippen LogP contribution in [-0.2, 0) is 11.3 Å². The van der Waals surface area contributed by atoms with Gasteiger partial charge in [-0.15, -0.1) is 0 Å². The Morgan fingerprint density at radius 2 is 1.93 bits per heavy atom. The minimum atomic E-state index is -0.468. The first-order valence-electron chi connectivity index (χ1n) is 13.8. The number of aromatic nitrogens is 2. The third-order valence-electron chi connectivity index (χ3n) is 10.6. The van der Waals surface area contributed by atoms with E-state index in [1.165, 1.54) is 23.8 Å². The summed E-state index contributed by atoms with van der Waals surface area (Å²) in [6.07, 6.45) is 10.0. The Hall–Kier alpha value is -1.16. The van der Waals surface area contributed by atoms with Gasteiger partial charge in [-0.3, -0.25) is 4.79 Å². The van der Waals surface area contributed by atoms with Crippen LogP contribution in [0.15, 0.2) is 18.6 Å². The van der Waals surface area contributed by atoms with Crippen molar-refractivity contribution >= 4 is 5.78 Å². The second-order valence-electron chi connectivity index (χ2n) is 11.6. The first kappa shape index (κ1) is 17.4. The van der Waals surface area contributed by atoms with E-state index in [0.717, 1.165) is 44.9 Å². The number of nitrogens with zero attached hydrogens (tertiary/aromatic N) is 2. The van der Waals surface area contributed by atoms with Gasteiger partial charge in [0.25, 0.3) is 0 Å². The molecule has 0 aromatic carbocycles. The molecule has 0 amide bonds. The van der Waals surface area contributed by atoms with E-state index in [-0.39, 0.29) is 42.3 Å². The van der Waals surface area contributed by atoms with E-state index in [9.17, 15) is 9.90 Å². The molecule has 4 nitrogen and oxygen atoms in total. The van der Waals surface area contributed by atoms with Gasteiger partial charge in [-0.2, -0.15) is 0 Å². The zero-order valence-electron chi connectivity index (χ0n) is 21.9. The molecule has 1 N–H and O–H groups in total. The predicted molar refractivity (Wildman–Crippen MR) is 118 cm³/mol. The fraction of sp³-hybridized carbons (Fsp3) is 0.846. The second kappa shape index (κ2) is 7.18. The molecule has 0 radical (unpaired) electrons. The highest BCUT2D eigenvalue weighted by Crippen LogP contribution is 2.68. The lowest BCUT2D eigenvalue weighted by Gasteiger charge is -2.62. The van der Waals surface area contributed by atoms with Crippen molar-refractivity contribution in [1.82, 2.24) is 9.55 Å². The molecule has 1 heterocycles. The van der Waals surface area contributed by atoms with Crippen LogP contribution in [0.5, 0.6) is 0 Å². The Bertz CT molecular complexity index is 950. The molecule has 4 saturated carbocycles. The number of aliphatic hydroxyl groups is 1. The molecule has 1 aromatic heterocycles. The maximum atomic E-state index is 13.4. The van der Waals surface area contributed by atoms with Crippen molar-refractivity contribution in [3.05, 3.63) is 18.6 Å². The second-order valence-corrected chi connectivity index (χ2v) is 11.6. The molecule has 1 aromatic rings. The number of rotatable bonds is 4. The average molecular weight is 416 g/mol. The molecule has 0 saturated heterocycles. The molecule has 8 atom stereocenters. The van der Waals surface area contributed by atoms with Crippen LogP contribution in [0.4, 0.5) is 0 Å². The van der Waals surface area contributed by atoms with Gasteiger partial charge in [-0.05, 0) is 98.7 Å². The lowest BCUT2D eigenvalue weighted by Crippen LogP contribution is -2.56. The van der Waals surface area contributed by atoms with Crippen LogP contribution in [-0.4, -0.2) is 26.0 Å². The van der Waals surface area contributed by atoms with Gasteiger partial charge in [-0.25, -0.2) is 4.98 Å². The third kappa shape index (κ3) is 3.04. The Morgan fingerprint density at radius 3 is 2.67 bits per heavy atom. The van der Waals surface area contributed by atoms with E-state index in [1.54, 1.807) is 0 Å². The number of imidazole rings is 1. The first-order valence-corrected chi connectivity index (χ1v) is 12.3. The quantitative estimate of drug-likeness (QED) is 0.730.